The lowest BCUT2D eigenvalue weighted by Crippen LogP contribution is -2.16. The first-order valence-corrected chi connectivity index (χ1v) is 6.27. The van der Waals surface area contributed by atoms with Gasteiger partial charge in [-0.3, -0.25) is 4.68 Å². The van der Waals surface area contributed by atoms with Gasteiger partial charge >= 0.3 is 0 Å². The van der Waals surface area contributed by atoms with E-state index >= 15 is 0 Å². The Morgan fingerprint density at radius 3 is 2.79 bits per heavy atom. The first-order chi connectivity index (χ1) is 9.04. The molecule has 0 aliphatic rings. The van der Waals surface area contributed by atoms with E-state index in [2.05, 4.69) is 5.10 Å². The summed E-state index contributed by atoms with van der Waals surface area (Å²) in [7, 11) is 0. The molecular formula is C14H17F2N3. The maximum absolute atomic E-state index is 14.0. The van der Waals surface area contributed by atoms with E-state index in [1.54, 1.807) is 24.0 Å². The lowest BCUT2D eigenvalue weighted by molar-refractivity contribution is 0.537. The minimum atomic E-state index is -0.842. The van der Waals surface area contributed by atoms with Crippen LogP contribution in [0.25, 0.3) is 0 Å². The molecule has 0 saturated heterocycles. The average Bonchev–Trinajstić information content (AvgIpc) is 2.83. The molecule has 0 aliphatic carbocycles. The summed E-state index contributed by atoms with van der Waals surface area (Å²) in [5.41, 5.74) is 6.85. The van der Waals surface area contributed by atoms with Crippen LogP contribution in [0.1, 0.15) is 36.1 Å². The van der Waals surface area contributed by atoms with Gasteiger partial charge in [0.2, 0.25) is 0 Å². The maximum Gasteiger partial charge on any atom is 0.134 e. The van der Waals surface area contributed by atoms with Gasteiger partial charge in [0.25, 0.3) is 0 Å². The Labute approximate surface area is 111 Å². The minimum Gasteiger partial charge on any atom is -0.320 e. The summed E-state index contributed by atoms with van der Waals surface area (Å²) in [5.74, 6) is -1.21. The highest BCUT2D eigenvalue weighted by Gasteiger charge is 2.21. The van der Waals surface area contributed by atoms with Crippen LogP contribution in [0.3, 0.4) is 0 Å². The standard InChI is InChI=1S/C14H17F2N3/c1-3-6-19-8-10(7-18-19)14(17)12-11(15)5-4-9(2)13(12)16/h4-5,7-8,14H,3,6,17H2,1-2H3. The molecule has 1 aromatic heterocycles. The lowest BCUT2D eigenvalue weighted by Gasteiger charge is -2.13. The van der Waals surface area contributed by atoms with Gasteiger partial charge in [-0.25, -0.2) is 8.78 Å². The molecule has 3 nitrogen and oxygen atoms in total. The Bertz CT molecular complexity index is 578. The summed E-state index contributed by atoms with van der Waals surface area (Å²) in [5, 5.41) is 4.13. The zero-order valence-corrected chi connectivity index (χ0v) is 11.0. The molecule has 0 spiro atoms. The van der Waals surface area contributed by atoms with Crippen molar-refractivity contribution in [2.24, 2.45) is 5.73 Å². The van der Waals surface area contributed by atoms with E-state index in [-0.39, 0.29) is 5.56 Å². The Morgan fingerprint density at radius 2 is 2.11 bits per heavy atom. The van der Waals surface area contributed by atoms with E-state index < -0.39 is 17.7 Å². The summed E-state index contributed by atoms with van der Waals surface area (Å²) >= 11 is 0. The van der Waals surface area contributed by atoms with Crippen LogP contribution in [0.4, 0.5) is 8.78 Å². The van der Waals surface area contributed by atoms with E-state index in [1.165, 1.54) is 12.1 Å². The van der Waals surface area contributed by atoms with Gasteiger partial charge in [-0.1, -0.05) is 13.0 Å². The summed E-state index contributed by atoms with van der Waals surface area (Å²) in [6.45, 7) is 4.37. The van der Waals surface area contributed by atoms with E-state index in [1.807, 2.05) is 6.92 Å². The number of benzene rings is 1. The highest BCUT2D eigenvalue weighted by Crippen LogP contribution is 2.26. The highest BCUT2D eigenvalue weighted by atomic mass is 19.1. The molecule has 19 heavy (non-hydrogen) atoms. The molecular weight excluding hydrogens is 248 g/mol. The molecule has 0 fully saturated rings. The predicted molar refractivity (Wildman–Crippen MR) is 69.6 cm³/mol. The van der Waals surface area contributed by atoms with Crippen LogP contribution in [-0.2, 0) is 6.54 Å². The van der Waals surface area contributed by atoms with Gasteiger partial charge < -0.3 is 5.73 Å². The molecule has 0 saturated carbocycles. The molecule has 2 rings (SSSR count). The van der Waals surface area contributed by atoms with Crippen molar-refractivity contribution in [2.75, 3.05) is 0 Å². The first-order valence-electron chi connectivity index (χ1n) is 6.27. The Balaban J connectivity index is 2.38. The monoisotopic (exact) mass is 265 g/mol. The fraction of sp³-hybridized carbons (Fsp3) is 0.357. The third kappa shape index (κ3) is 2.66. The van der Waals surface area contributed by atoms with Gasteiger partial charge in [-0.15, -0.1) is 0 Å². The number of rotatable bonds is 4. The molecule has 1 unspecified atom stereocenters. The quantitative estimate of drug-likeness (QED) is 0.923. The van der Waals surface area contributed by atoms with Gasteiger partial charge in [0, 0.05) is 23.9 Å². The molecule has 5 heteroatoms. The third-order valence-corrected chi connectivity index (χ3v) is 3.10. The lowest BCUT2D eigenvalue weighted by atomic mass is 9.99. The summed E-state index contributed by atoms with van der Waals surface area (Å²) in [6.07, 6.45) is 4.22. The Hall–Kier alpha value is -1.75. The van der Waals surface area contributed by atoms with Crippen molar-refractivity contribution in [3.05, 3.63) is 52.9 Å². The largest absolute Gasteiger partial charge is 0.320 e. The van der Waals surface area contributed by atoms with Crippen LogP contribution in [0, 0.1) is 18.6 Å². The maximum atomic E-state index is 14.0. The molecule has 0 radical (unpaired) electrons. The molecule has 2 N–H and O–H groups in total. The number of hydrogen-bond donors (Lipinski definition) is 1. The van der Waals surface area contributed by atoms with Crippen LogP contribution < -0.4 is 5.73 Å². The fourth-order valence-corrected chi connectivity index (χ4v) is 2.02. The number of aromatic nitrogens is 2. The van der Waals surface area contributed by atoms with Crippen molar-refractivity contribution in [3.63, 3.8) is 0 Å². The second kappa shape index (κ2) is 5.48. The van der Waals surface area contributed by atoms with Crippen molar-refractivity contribution in [1.82, 2.24) is 9.78 Å². The summed E-state index contributed by atoms with van der Waals surface area (Å²) < 4.78 is 29.5. The Kier molecular flexibility index (Phi) is 3.95. The fourth-order valence-electron chi connectivity index (χ4n) is 2.02. The number of nitrogens with two attached hydrogens (primary N) is 1. The molecule has 0 aliphatic heterocycles. The zero-order valence-electron chi connectivity index (χ0n) is 11.0. The molecule has 1 atom stereocenters. The second-order valence-corrected chi connectivity index (χ2v) is 4.61. The van der Waals surface area contributed by atoms with Crippen molar-refractivity contribution in [2.45, 2.75) is 32.9 Å². The van der Waals surface area contributed by atoms with Crippen LogP contribution >= 0.6 is 0 Å². The SMILES string of the molecule is CCCn1cc(C(N)c2c(F)ccc(C)c2F)cn1. The van der Waals surface area contributed by atoms with E-state index in [0.717, 1.165) is 13.0 Å². The van der Waals surface area contributed by atoms with Gasteiger partial charge in [-0.05, 0) is 25.0 Å². The van der Waals surface area contributed by atoms with Crippen molar-refractivity contribution in [1.29, 1.82) is 0 Å². The van der Waals surface area contributed by atoms with Crippen molar-refractivity contribution in [3.8, 4) is 0 Å². The van der Waals surface area contributed by atoms with Crippen LogP contribution in [0.15, 0.2) is 24.5 Å². The zero-order chi connectivity index (χ0) is 14.0. The van der Waals surface area contributed by atoms with Crippen molar-refractivity contribution >= 4 is 0 Å². The molecule has 0 amide bonds. The number of nitrogens with zero attached hydrogens (tertiary/aromatic N) is 2. The van der Waals surface area contributed by atoms with Gasteiger partial charge in [0.1, 0.15) is 11.6 Å². The highest BCUT2D eigenvalue weighted by molar-refractivity contribution is 5.34. The molecule has 1 heterocycles. The van der Waals surface area contributed by atoms with Crippen LogP contribution in [-0.4, -0.2) is 9.78 Å². The second-order valence-electron chi connectivity index (χ2n) is 4.61. The number of hydrogen-bond acceptors (Lipinski definition) is 2. The summed E-state index contributed by atoms with van der Waals surface area (Å²) in [6, 6.07) is 1.80. The van der Waals surface area contributed by atoms with Crippen molar-refractivity contribution < 1.29 is 8.78 Å². The van der Waals surface area contributed by atoms with Crippen LogP contribution in [0.5, 0.6) is 0 Å². The van der Waals surface area contributed by atoms with Gasteiger partial charge in [-0.2, -0.15) is 5.10 Å². The molecule has 102 valence electrons. The number of aryl methyl sites for hydroxylation is 2. The normalized spacial score (nSPS) is 12.7. The van der Waals surface area contributed by atoms with Crippen LogP contribution in [0.2, 0.25) is 0 Å². The third-order valence-electron chi connectivity index (χ3n) is 3.10. The number of halogens is 2. The van der Waals surface area contributed by atoms with E-state index in [4.69, 9.17) is 5.73 Å². The topological polar surface area (TPSA) is 43.8 Å². The van der Waals surface area contributed by atoms with Gasteiger partial charge in [0.15, 0.2) is 0 Å². The minimum absolute atomic E-state index is 0.101. The summed E-state index contributed by atoms with van der Waals surface area (Å²) in [4.78, 5) is 0. The molecule has 0 bridgehead atoms. The Morgan fingerprint density at radius 1 is 1.37 bits per heavy atom. The van der Waals surface area contributed by atoms with E-state index in [0.29, 0.717) is 11.1 Å². The predicted octanol–water partition coefficient (Wildman–Crippen LogP) is 2.93. The van der Waals surface area contributed by atoms with E-state index in [9.17, 15) is 8.78 Å². The average molecular weight is 265 g/mol. The smallest absolute Gasteiger partial charge is 0.134 e. The molecule has 1 aromatic carbocycles. The molecule has 2 aromatic rings. The van der Waals surface area contributed by atoms with Gasteiger partial charge in [0.05, 0.1) is 12.2 Å². The first kappa shape index (κ1) is 13.7.